The molecule has 6 heteroatoms. The number of carbonyl (C=O) groups is 2. The highest BCUT2D eigenvalue weighted by Gasteiger charge is 2.29. The molecule has 0 radical (unpaired) electrons. The number of benzene rings is 1. The predicted octanol–water partition coefficient (Wildman–Crippen LogP) is 1.11. The molecule has 22 heavy (non-hydrogen) atoms. The predicted molar refractivity (Wildman–Crippen MR) is 85.4 cm³/mol. The molecule has 1 aromatic rings. The lowest BCUT2D eigenvalue weighted by Gasteiger charge is -2.30. The van der Waals surface area contributed by atoms with Crippen molar-refractivity contribution in [2.24, 2.45) is 0 Å². The number of likely N-dealkylation sites (N-methyl/N-ethyl adjacent to an activating group) is 1. The summed E-state index contributed by atoms with van der Waals surface area (Å²) < 4.78 is 5.55. The molecule has 0 aliphatic carbocycles. The van der Waals surface area contributed by atoms with Crippen LogP contribution in [0.4, 0.5) is 5.69 Å². The molecule has 1 unspecified atom stereocenters. The van der Waals surface area contributed by atoms with Crippen molar-refractivity contribution in [2.75, 3.05) is 39.1 Å². The molecule has 1 aliphatic heterocycles. The smallest absolute Gasteiger partial charge is 0.267 e. The van der Waals surface area contributed by atoms with E-state index >= 15 is 0 Å². The van der Waals surface area contributed by atoms with E-state index in [1.54, 1.807) is 32.2 Å². The summed E-state index contributed by atoms with van der Waals surface area (Å²) >= 11 is 0. The number of anilines is 1. The lowest BCUT2D eigenvalue weighted by Crippen LogP contribution is -2.42. The first kappa shape index (κ1) is 16.3. The SMILES string of the molecule is CC1Oc2ccc(C(=O)NCCCN(C)C)cc2N(C)C1=O. The fraction of sp³-hybridized carbons (Fsp3) is 0.500. The normalized spacial score (nSPS) is 17.2. The Labute approximate surface area is 131 Å². The first-order valence-corrected chi connectivity index (χ1v) is 7.41. The molecule has 2 amide bonds. The van der Waals surface area contributed by atoms with E-state index in [0.717, 1.165) is 13.0 Å². The van der Waals surface area contributed by atoms with Gasteiger partial charge in [-0.15, -0.1) is 0 Å². The standard InChI is InChI=1S/C16H23N3O3/c1-11-16(21)19(4)13-10-12(6-7-14(13)22-11)15(20)17-8-5-9-18(2)3/h6-7,10-11H,5,8-9H2,1-4H3,(H,17,20). The maximum absolute atomic E-state index is 12.2. The summed E-state index contributed by atoms with van der Waals surface area (Å²) in [4.78, 5) is 27.7. The number of hydrogen-bond acceptors (Lipinski definition) is 4. The lowest BCUT2D eigenvalue weighted by atomic mass is 10.1. The van der Waals surface area contributed by atoms with Crippen molar-refractivity contribution < 1.29 is 14.3 Å². The number of ether oxygens (including phenoxy) is 1. The fourth-order valence-electron chi connectivity index (χ4n) is 2.35. The van der Waals surface area contributed by atoms with Gasteiger partial charge in [-0.25, -0.2) is 0 Å². The van der Waals surface area contributed by atoms with E-state index < -0.39 is 6.10 Å². The van der Waals surface area contributed by atoms with Crippen LogP contribution in [0.25, 0.3) is 0 Å². The zero-order valence-corrected chi connectivity index (χ0v) is 13.5. The Hall–Kier alpha value is -2.08. The summed E-state index contributed by atoms with van der Waals surface area (Å²) in [6, 6.07) is 5.15. The molecule has 1 heterocycles. The molecule has 0 spiro atoms. The van der Waals surface area contributed by atoms with Gasteiger partial charge in [0.15, 0.2) is 6.10 Å². The molecule has 0 bridgehead atoms. The summed E-state index contributed by atoms with van der Waals surface area (Å²) in [7, 11) is 5.69. The molecule has 1 aromatic carbocycles. The maximum atomic E-state index is 12.2. The van der Waals surface area contributed by atoms with Crippen LogP contribution < -0.4 is 15.0 Å². The van der Waals surface area contributed by atoms with E-state index in [9.17, 15) is 9.59 Å². The third-order valence-electron chi connectivity index (χ3n) is 3.63. The van der Waals surface area contributed by atoms with Crippen LogP contribution in [0.2, 0.25) is 0 Å². The number of nitrogens with one attached hydrogen (secondary N) is 1. The number of fused-ring (bicyclic) bond motifs is 1. The van der Waals surface area contributed by atoms with Crippen molar-refractivity contribution in [3.63, 3.8) is 0 Å². The topological polar surface area (TPSA) is 61.9 Å². The highest BCUT2D eigenvalue weighted by Crippen LogP contribution is 2.33. The molecule has 1 aliphatic rings. The first-order chi connectivity index (χ1) is 10.4. The van der Waals surface area contributed by atoms with Gasteiger partial charge < -0.3 is 19.9 Å². The summed E-state index contributed by atoms with van der Waals surface area (Å²) in [6.45, 7) is 3.26. The van der Waals surface area contributed by atoms with Crippen LogP contribution in [0.5, 0.6) is 5.75 Å². The molecule has 1 atom stereocenters. The Balaban J connectivity index is 2.04. The van der Waals surface area contributed by atoms with Crippen molar-refractivity contribution >= 4 is 17.5 Å². The Morgan fingerprint density at radius 3 is 2.82 bits per heavy atom. The molecule has 120 valence electrons. The number of rotatable bonds is 5. The van der Waals surface area contributed by atoms with E-state index in [1.165, 1.54) is 4.90 Å². The van der Waals surface area contributed by atoms with Crippen LogP contribution in [0, 0.1) is 0 Å². The minimum atomic E-state index is -0.497. The van der Waals surface area contributed by atoms with Gasteiger partial charge in [0.05, 0.1) is 5.69 Å². The molecule has 0 saturated carbocycles. The van der Waals surface area contributed by atoms with Gasteiger partial charge in [0.25, 0.3) is 11.8 Å². The second-order valence-electron chi connectivity index (χ2n) is 5.75. The minimum Gasteiger partial charge on any atom is -0.479 e. The van der Waals surface area contributed by atoms with Crippen LogP contribution in [-0.2, 0) is 4.79 Å². The second kappa shape index (κ2) is 6.79. The van der Waals surface area contributed by atoms with Gasteiger partial charge in [-0.1, -0.05) is 0 Å². The van der Waals surface area contributed by atoms with Crippen LogP contribution in [0.1, 0.15) is 23.7 Å². The average molecular weight is 305 g/mol. The van der Waals surface area contributed by atoms with Crippen molar-refractivity contribution in [1.82, 2.24) is 10.2 Å². The number of carbonyl (C=O) groups excluding carboxylic acids is 2. The van der Waals surface area contributed by atoms with Gasteiger partial charge in [-0.2, -0.15) is 0 Å². The van der Waals surface area contributed by atoms with E-state index in [2.05, 4.69) is 10.2 Å². The Kier molecular flexibility index (Phi) is 5.03. The quantitative estimate of drug-likeness (QED) is 0.828. The first-order valence-electron chi connectivity index (χ1n) is 7.41. The molecule has 6 nitrogen and oxygen atoms in total. The van der Waals surface area contributed by atoms with E-state index in [1.807, 2.05) is 14.1 Å². The van der Waals surface area contributed by atoms with Gasteiger partial charge in [0.2, 0.25) is 0 Å². The van der Waals surface area contributed by atoms with Crippen molar-refractivity contribution in [3.05, 3.63) is 23.8 Å². The summed E-state index contributed by atoms with van der Waals surface area (Å²) in [6.07, 6.45) is 0.395. The molecule has 2 rings (SSSR count). The second-order valence-corrected chi connectivity index (χ2v) is 5.75. The van der Waals surface area contributed by atoms with Crippen molar-refractivity contribution in [3.8, 4) is 5.75 Å². The number of amides is 2. The number of hydrogen-bond donors (Lipinski definition) is 1. The summed E-state index contributed by atoms with van der Waals surface area (Å²) in [5.74, 6) is 0.371. The maximum Gasteiger partial charge on any atom is 0.267 e. The Bertz CT molecular complexity index is 572. The van der Waals surface area contributed by atoms with Crippen LogP contribution >= 0.6 is 0 Å². The zero-order chi connectivity index (χ0) is 16.3. The highest BCUT2D eigenvalue weighted by atomic mass is 16.5. The molecule has 0 fully saturated rings. The zero-order valence-electron chi connectivity index (χ0n) is 13.5. The van der Waals surface area contributed by atoms with Crippen LogP contribution in [0.3, 0.4) is 0 Å². The van der Waals surface area contributed by atoms with Crippen molar-refractivity contribution in [2.45, 2.75) is 19.4 Å². The van der Waals surface area contributed by atoms with E-state index in [0.29, 0.717) is 23.5 Å². The van der Waals surface area contributed by atoms with Gasteiger partial charge in [-0.3, -0.25) is 9.59 Å². The lowest BCUT2D eigenvalue weighted by molar-refractivity contribution is -0.125. The van der Waals surface area contributed by atoms with Gasteiger partial charge in [-0.05, 0) is 52.2 Å². The Morgan fingerprint density at radius 2 is 2.14 bits per heavy atom. The van der Waals surface area contributed by atoms with Gasteiger partial charge >= 0.3 is 0 Å². The van der Waals surface area contributed by atoms with Gasteiger partial charge in [0.1, 0.15) is 5.75 Å². The molecule has 0 aromatic heterocycles. The third-order valence-corrected chi connectivity index (χ3v) is 3.63. The van der Waals surface area contributed by atoms with Crippen LogP contribution in [-0.4, -0.2) is 57.1 Å². The number of nitrogens with zero attached hydrogens (tertiary/aromatic N) is 2. The monoisotopic (exact) mass is 305 g/mol. The molecule has 1 N–H and O–H groups in total. The molecular weight excluding hydrogens is 282 g/mol. The average Bonchev–Trinajstić information content (AvgIpc) is 2.48. The van der Waals surface area contributed by atoms with E-state index in [-0.39, 0.29) is 11.8 Å². The fourth-order valence-corrected chi connectivity index (χ4v) is 2.35. The molecular formula is C16H23N3O3. The largest absolute Gasteiger partial charge is 0.479 e. The van der Waals surface area contributed by atoms with E-state index in [4.69, 9.17) is 4.74 Å². The summed E-state index contributed by atoms with van der Waals surface area (Å²) in [5, 5.41) is 2.89. The highest BCUT2D eigenvalue weighted by molar-refractivity contribution is 6.02. The molecule has 0 saturated heterocycles. The van der Waals surface area contributed by atoms with Crippen molar-refractivity contribution in [1.29, 1.82) is 0 Å². The van der Waals surface area contributed by atoms with Gasteiger partial charge in [0, 0.05) is 19.2 Å². The third kappa shape index (κ3) is 3.57. The van der Waals surface area contributed by atoms with Crippen LogP contribution in [0.15, 0.2) is 18.2 Å². The summed E-state index contributed by atoms with van der Waals surface area (Å²) in [5.41, 5.74) is 1.16. The minimum absolute atomic E-state index is 0.115. The Morgan fingerprint density at radius 1 is 1.41 bits per heavy atom.